The molecule has 0 bridgehead atoms. The predicted octanol–water partition coefficient (Wildman–Crippen LogP) is 5.39. The van der Waals surface area contributed by atoms with Crippen molar-refractivity contribution in [3.63, 3.8) is 0 Å². The van der Waals surface area contributed by atoms with Crippen LogP contribution in [-0.2, 0) is 10.0 Å². The van der Waals surface area contributed by atoms with Crippen LogP contribution in [0.2, 0.25) is 31.5 Å². The van der Waals surface area contributed by atoms with Gasteiger partial charge in [0.1, 0.15) is 0 Å². The standard InChI is InChI=1S/C18H36Ge2N2O2S/c1-7-19(8-2,9-3)21-17-13-15-18(16-14-17)25(23,24)22-20(10-4,11-5)12-6/h13-16,21-22H,7-12H2,1-6H3. The minimum atomic E-state index is -3.41. The van der Waals surface area contributed by atoms with Gasteiger partial charge in [0.2, 0.25) is 0 Å². The van der Waals surface area contributed by atoms with Crippen LogP contribution in [0.1, 0.15) is 41.5 Å². The van der Waals surface area contributed by atoms with Crippen LogP contribution in [0.4, 0.5) is 5.69 Å². The molecule has 0 saturated heterocycles. The third-order valence-electron chi connectivity index (χ3n) is 5.99. The summed E-state index contributed by atoms with van der Waals surface area (Å²) in [7, 11) is -3.41. The van der Waals surface area contributed by atoms with Crippen molar-refractivity contribution in [2.24, 2.45) is 0 Å². The number of hydrogen-bond donors (Lipinski definition) is 2. The van der Waals surface area contributed by atoms with Crippen LogP contribution < -0.4 is 7.95 Å². The Hall–Kier alpha value is 0.0157. The molecule has 25 heavy (non-hydrogen) atoms. The summed E-state index contributed by atoms with van der Waals surface area (Å²) >= 11 is -4.54. The van der Waals surface area contributed by atoms with Gasteiger partial charge >= 0.3 is 161 Å². The normalized spacial score (nSPS) is 13.0. The average Bonchev–Trinajstić information content (AvgIpc) is 2.65. The number of anilines is 1. The predicted molar refractivity (Wildman–Crippen MR) is 115 cm³/mol. The second kappa shape index (κ2) is 9.81. The van der Waals surface area contributed by atoms with E-state index in [9.17, 15) is 8.42 Å². The maximum atomic E-state index is 12.8. The molecule has 1 aromatic rings. The van der Waals surface area contributed by atoms with Gasteiger partial charge in [-0.25, -0.2) is 0 Å². The van der Waals surface area contributed by atoms with E-state index >= 15 is 0 Å². The average molecular weight is 490 g/mol. The van der Waals surface area contributed by atoms with Gasteiger partial charge in [0.25, 0.3) is 0 Å². The van der Waals surface area contributed by atoms with Gasteiger partial charge in [-0.3, -0.25) is 0 Å². The molecule has 0 aliphatic carbocycles. The Labute approximate surface area is 160 Å². The number of sulfonamides is 1. The quantitative estimate of drug-likeness (QED) is 0.410. The van der Waals surface area contributed by atoms with Crippen molar-refractivity contribution in [3.05, 3.63) is 24.3 Å². The van der Waals surface area contributed by atoms with E-state index < -0.39 is 37.0 Å². The van der Waals surface area contributed by atoms with Crippen molar-refractivity contribution in [3.8, 4) is 0 Å². The van der Waals surface area contributed by atoms with Crippen molar-refractivity contribution in [2.45, 2.75) is 78.0 Å². The molecule has 0 spiro atoms. The summed E-state index contributed by atoms with van der Waals surface area (Å²) in [5.74, 6) is 0. The van der Waals surface area contributed by atoms with Crippen LogP contribution in [0, 0.1) is 0 Å². The molecule has 1 aromatic carbocycles. The minimum absolute atomic E-state index is 0.394. The summed E-state index contributed by atoms with van der Waals surface area (Å²) in [6, 6.07) is 7.39. The monoisotopic (exact) mass is 492 g/mol. The van der Waals surface area contributed by atoms with Crippen molar-refractivity contribution < 1.29 is 8.42 Å². The van der Waals surface area contributed by atoms with E-state index in [1.54, 1.807) is 12.1 Å². The zero-order chi connectivity index (χ0) is 19.1. The summed E-state index contributed by atoms with van der Waals surface area (Å²) in [6.07, 6.45) is 0. The number of benzene rings is 1. The van der Waals surface area contributed by atoms with Crippen LogP contribution in [0.15, 0.2) is 29.2 Å². The Morgan fingerprint density at radius 3 is 1.48 bits per heavy atom. The molecule has 144 valence electrons. The molecule has 0 heterocycles. The summed E-state index contributed by atoms with van der Waals surface area (Å²) in [4.78, 5) is 0.394. The van der Waals surface area contributed by atoms with Gasteiger partial charge in [-0.15, -0.1) is 0 Å². The molecule has 0 amide bonds. The molecule has 0 radical (unpaired) electrons. The third kappa shape index (κ3) is 5.74. The molecule has 7 heteroatoms. The molecule has 1 rings (SSSR count). The van der Waals surface area contributed by atoms with Crippen molar-refractivity contribution >= 4 is 42.7 Å². The van der Waals surface area contributed by atoms with E-state index in [-0.39, 0.29) is 0 Å². The topological polar surface area (TPSA) is 58.2 Å². The van der Waals surface area contributed by atoms with Gasteiger partial charge in [-0.1, -0.05) is 0 Å². The molecular formula is C18H36Ge2N2O2S. The first-order valence-electron chi connectivity index (χ1n) is 9.68. The van der Waals surface area contributed by atoms with Crippen LogP contribution in [0.3, 0.4) is 0 Å². The molecular weight excluding hydrogens is 453 g/mol. The third-order valence-corrected chi connectivity index (χ3v) is 30.8. The molecule has 0 unspecified atom stereocenters. The zero-order valence-corrected chi connectivity index (χ0v) is 21.8. The van der Waals surface area contributed by atoms with Gasteiger partial charge in [0.05, 0.1) is 0 Å². The first-order chi connectivity index (χ1) is 11.8. The number of hydrogen-bond acceptors (Lipinski definition) is 3. The van der Waals surface area contributed by atoms with E-state index in [0.29, 0.717) is 4.90 Å². The van der Waals surface area contributed by atoms with Gasteiger partial charge in [-0.05, 0) is 0 Å². The van der Waals surface area contributed by atoms with E-state index in [0.717, 1.165) is 21.4 Å². The Morgan fingerprint density at radius 1 is 0.720 bits per heavy atom. The maximum absolute atomic E-state index is 12.8. The second-order valence-electron chi connectivity index (χ2n) is 6.94. The van der Waals surface area contributed by atoms with Gasteiger partial charge in [0, 0.05) is 0 Å². The Kier molecular flexibility index (Phi) is 9.04. The van der Waals surface area contributed by atoms with Crippen LogP contribution >= 0.6 is 0 Å². The number of nitrogens with one attached hydrogen (secondary N) is 2. The van der Waals surface area contributed by atoms with E-state index in [4.69, 9.17) is 0 Å². The molecule has 4 nitrogen and oxygen atoms in total. The van der Waals surface area contributed by atoms with E-state index in [1.165, 1.54) is 15.8 Å². The molecule has 0 atom stereocenters. The summed E-state index contributed by atoms with van der Waals surface area (Å²) in [5.41, 5.74) is 1.07. The Balaban J connectivity index is 3.02. The first kappa shape index (κ1) is 23.1. The van der Waals surface area contributed by atoms with Crippen molar-refractivity contribution in [1.29, 1.82) is 0 Å². The fourth-order valence-electron chi connectivity index (χ4n) is 3.35. The fraction of sp³-hybridized carbons (Fsp3) is 0.667. The zero-order valence-electron chi connectivity index (χ0n) is 16.8. The van der Waals surface area contributed by atoms with Crippen molar-refractivity contribution in [1.82, 2.24) is 3.68 Å². The summed E-state index contributed by atoms with van der Waals surface area (Å²) in [5, 5.41) is 6.62. The molecule has 0 fully saturated rings. The van der Waals surface area contributed by atoms with Gasteiger partial charge in [-0.2, -0.15) is 0 Å². The number of rotatable bonds is 11. The molecule has 0 saturated carbocycles. The molecule has 0 aromatic heterocycles. The fourth-order valence-corrected chi connectivity index (χ4v) is 21.1. The SMILES string of the molecule is C[CH2][Ge]([CH2]C)([CH2]C)[NH]c1ccc(S(=O)(=O)[NH][Ge]([CH2]C)([CH2]C)[CH2]C)cc1. The van der Waals surface area contributed by atoms with E-state index in [2.05, 4.69) is 49.5 Å². The molecule has 0 aliphatic rings. The molecule has 2 N–H and O–H groups in total. The van der Waals surface area contributed by atoms with Crippen LogP contribution in [0.25, 0.3) is 0 Å². The van der Waals surface area contributed by atoms with E-state index in [1.807, 2.05) is 12.1 Å². The second-order valence-corrected chi connectivity index (χ2v) is 30.1. The first-order valence-corrected chi connectivity index (χ1v) is 22.2. The van der Waals surface area contributed by atoms with Crippen LogP contribution in [-0.4, -0.2) is 35.4 Å². The summed E-state index contributed by atoms with van der Waals surface area (Å²) in [6.45, 7) is 13.2. The Morgan fingerprint density at radius 2 is 1.12 bits per heavy atom. The van der Waals surface area contributed by atoms with Gasteiger partial charge in [0.15, 0.2) is 0 Å². The summed E-state index contributed by atoms with van der Waals surface area (Å²) < 4.78 is 32.5. The van der Waals surface area contributed by atoms with Crippen molar-refractivity contribution in [2.75, 3.05) is 4.27 Å². The molecule has 0 aliphatic heterocycles. The van der Waals surface area contributed by atoms with Crippen LogP contribution in [0.5, 0.6) is 0 Å². The van der Waals surface area contributed by atoms with Gasteiger partial charge < -0.3 is 0 Å². The Bertz CT molecular complexity index is 608.